The van der Waals surface area contributed by atoms with Gasteiger partial charge in [0.1, 0.15) is 5.69 Å². The van der Waals surface area contributed by atoms with Crippen LogP contribution in [0.4, 0.5) is 0 Å². The number of aromatic nitrogens is 2. The van der Waals surface area contributed by atoms with Gasteiger partial charge in [0.2, 0.25) is 0 Å². The van der Waals surface area contributed by atoms with Gasteiger partial charge in [-0.05, 0) is 52.6 Å². The normalized spacial score (nSPS) is 12.8. The minimum atomic E-state index is 1.04. The first kappa shape index (κ1) is 12.1. The Balaban J connectivity index is 1.99. The van der Waals surface area contributed by atoms with Gasteiger partial charge in [-0.3, -0.25) is 5.10 Å². The molecule has 0 aliphatic heterocycles. The number of benzene rings is 2. The molecule has 0 bridgehead atoms. The Morgan fingerprint density at radius 3 is 2.50 bits per heavy atom. The van der Waals surface area contributed by atoms with Gasteiger partial charge in [-0.1, -0.05) is 42.5 Å². The molecule has 0 spiro atoms. The van der Waals surface area contributed by atoms with Crippen molar-refractivity contribution in [3.8, 4) is 22.4 Å². The van der Waals surface area contributed by atoms with Crippen molar-refractivity contribution in [2.45, 2.75) is 12.8 Å². The van der Waals surface area contributed by atoms with Crippen molar-refractivity contribution >= 4 is 22.6 Å². The van der Waals surface area contributed by atoms with E-state index in [0.29, 0.717) is 0 Å². The predicted octanol–water partition coefficient (Wildman–Crippen LogP) is 4.45. The first-order valence-electron chi connectivity index (χ1n) is 6.75. The van der Waals surface area contributed by atoms with Crippen molar-refractivity contribution in [3.05, 3.63) is 63.4 Å². The minimum absolute atomic E-state index is 1.04. The summed E-state index contributed by atoms with van der Waals surface area (Å²) in [7, 11) is 0. The number of rotatable bonds is 1. The van der Waals surface area contributed by atoms with Crippen LogP contribution in [0.3, 0.4) is 0 Å². The zero-order valence-electron chi connectivity index (χ0n) is 10.9. The Morgan fingerprint density at radius 2 is 1.65 bits per heavy atom. The number of nitrogens with zero attached hydrogens (tertiary/aromatic N) is 1. The quantitative estimate of drug-likeness (QED) is 0.629. The largest absolute Gasteiger partial charge is 0.281 e. The second kappa shape index (κ2) is 4.74. The van der Waals surface area contributed by atoms with Crippen LogP contribution in [0.5, 0.6) is 0 Å². The summed E-state index contributed by atoms with van der Waals surface area (Å²) in [6.45, 7) is 0. The number of hydrogen-bond acceptors (Lipinski definition) is 1. The van der Waals surface area contributed by atoms with Gasteiger partial charge in [0, 0.05) is 20.4 Å². The van der Waals surface area contributed by atoms with E-state index in [2.05, 4.69) is 81.3 Å². The van der Waals surface area contributed by atoms with Gasteiger partial charge in [0.05, 0.1) is 0 Å². The van der Waals surface area contributed by atoms with E-state index >= 15 is 0 Å². The molecule has 1 aromatic heterocycles. The molecule has 2 nitrogen and oxygen atoms in total. The molecule has 0 radical (unpaired) electrons. The van der Waals surface area contributed by atoms with Gasteiger partial charge >= 0.3 is 0 Å². The van der Waals surface area contributed by atoms with Crippen LogP contribution in [0.1, 0.15) is 11.3 Å². The number of aryl methyl sites for hydroxylation is 2. The monoisotopic (exact) mass is 372 g/mol. The van der Waals surface area contributed by atoms with E-state index in [1.54, 1.807) is 0 Å². The molecule has 0 amide bonds. The van der Waals surface area contributed by atoms with Crippen LogP contribution in [0, 0.1) is 3.57 Å². The zero-order chi connectivity index (χ0) is 13.5. The van der Waals surface area contributed by atoms with Crippen molar-refractivity contribution in [2.24, 2.45) is 0 Å². The molecule has 2 aromatic carbocycles. The first-order chi connectivity index (χ1) is 9.84. The molecular weight excluding hydrogens is 359 g/mol. The van der Waals surface area contributed by atoms with Gasteiger partial charge in [-0.25, -0.2) is 0 Å². The van der Waals surface area contributed by atoms with Crippen LogP contribution < -0.4 is 0 Å². The van der Waals surface area contributed by atoms with Crippen molar-refractivity contribution in [2.75, 3.05) is 0 Å². The molecular formula is C17H13IN2. The third-order valence-corrected chi connectivity index (χ3v) is 4.84. The SMILES string of the molecule is Ic1ccccc1-c1n[nH]c2c1-c1ccccc1CC2. The van der Waals surface area contributed by atoms with Crippen molar-refractivity contribution in [1.29, 1.82) is 0 Å². The highest BCUT2D eigenvalue weighted by Crippen LogP contribution is 2.40. The predicted molar refractivity (Wildman–Crippen MR) is 89.6 cm³/mol. The third kappa shape index (κ3) is 1.80. The second-order valence-electron chi connectivity index (χ2n) is 5.06. The maximum absolute atomic E-state index is 4.60. The molecule has 20 heavy (non-hydrogen) atoms. The lowest BCUT2D eigenvalue weighted by Crippen LogP contribution is -2.03. The molecule has 0 fully saturated rings. The van der Waals surface area contributed by atoms with Crippen molar-refractivity contribution in [3.63, 3.8) is 0 Å². The highest BCUT2D eigenvalue weighted by Gasteiger charge is 2.23. The topological polar surface area (TPSA) is 28.7 Å². The van der Waals surface area contributed by atoms with Crippen LogP contribution in [0.15, 0.2) is 48.5 Å². The molecule has 0 saturated carbocycles. The first-order valence-corrected chi connectivity index (χ1v) is 7.83. The number of aromatic amines is 1. The number of hydrogen-bond donors (Lipinski definition) is 1. The van der Waals surface area contributed by atoms with Crippen LogP contribution in [0.2, 0.25) is 0 Å². The second-order valence-corrected chi connectivity index (χ2v) is 6.22. The van der Waals surface area contributed by atoms with E-state index < -0.39 is 0 Å². The molecule has 3 heteroatoms. The molecule has 98 valence electrons. The third-order valence-electron chi connectivity index (χ3n) is 3.90. The van der Waals surface area contributed by atoms with E-state index in [1.165, 1.54) is 31.5 Å². The molecule has 4 rings (SSSR count). The average molecular weight is 372 g/mol. The van der Waals surface area contributed by atoms with Crippen molar-refractivity contribution < 1.29 is 0 Å². The average Bonchev–Trinajstić information content (AvgIpc) is 2.92. The van der Waals surface area contributed by atoms with Crippen LogP contribution >= 0.6 is 22.6 Å². The van der Waals surface area contributed by atoms with Gasteiger partial charge in [0.15, 0.2) is 0 Å². The summed E-state index contributed by atoms with van der Waals surface area (Å²) in [5.41, 5.74) is 7.60. The summed E-state index contributed by atoms with van der Waals surface area (Å²) in [5.74, 6) is 0. The Labute approximate surface area is 131 Å². The molecule has 3 aromatic rings. The number of H-pyrrole nitrogens is 1. The summed E-state index contributed by atoms with van der Waals surface area (Å²) in [5, 5.41) is 7.84. The van der Waals surface area contributed by atoms with Gasteiger partial charge < -0.3 is 0 Å². The van der Waals surface area contributed by atoms with E-state index in [1.807, 2.05) is 0 Å². The van der Waals surface area contributed by atoms with Crippen LogP contribution in [-0.4, -0.2) is 10.2 Å². The summed E-state index contributed by atoms with van der Waals surface area (Å²) in [6, 6.07) is 17.1. The highest BCUT2D eigenvalue weighted by atomic mass is 127. The standard InChI is InChI=1S/C17H13IN2/c18-14-8-4-3-7-13(14)17-16-12-6-2-1-5-11(12)9-10-15(16)19-20-17/h1-8H,9-10H2,(H,19,20). The van der Waals surface area contributed by atoms with Gasteiger partial charge in [0.25, 0.3) is 0 Å². The highest BCUT2D eigenvalue weighted by molar-refractivity contribution is 14.1. The van der Waals surface area contributed by atoms with Crippen LogP contribution in [0.25, 0.3) is 22.4 Å². The molecule has 1 aliphatic carbocycles. The fourth-order valence-electron chi connectivity index (χ4n) is 2.94. The van der Waals surface area contributed by atoms with E-state index in [-0.39, 0.29) is 0 Å². The van der Waals surface area contributed by atoms with Crippen LogP contribution in [-0.2, 0) is 12.8 Å². The zero-order valence-corrected chi connectivity index (χ0v) is 13.0. The molecule has 1 N–H and O–H groups in total. The Bertz CT molecular complexity index is 789. The minimum Gasteiger partial charge on any atom is -0.281 e. The molecule has 0 unspecified atom stereocenters. The fourth-order valence-corrected chi connectivity index (χ4v) is 3.58. The molecule has 1 aliphatic rings. The van der Waals surface area contributed by atoms with Gasteiger partial charge in [-0.15, -0.1) is 0 Å². The lowest BCUT2D eigenvalue weighted by molar-refractivity contribution is 0.882. The number of fused-ring (bicyclic) bond motifs is 3. The summed E-state index contributed by atoms with van der Waals surface area (Å²) in [4.78, 5) is 0. The smallest absolute Gasteiger partial charge is 0.101 e. The molecule has 0 atom stereocenters. The summed E-state index contributed by atoms with van der Waals surface area (Å²) >= 11 is 2.38. The maximum atomic E-state index is 4.60. The number of halogens is 1. The van der Waals surface area contributed by atoms with Gasteiger partial charge in [-0.2, -0.15) is 5.10 Å². The lowest BCUT2D eigenvalue weighted by atomic mass is 9.87. The molecule has 0 saturated heterocycles. The summed E-state index contributed by atoms with van der Waals surface area (Å²) < 4.78 is 1.24. The van der Waals surface area contributed by atoms with E-state index in [9.17, 15) is 0 Å². The van der Waals surface area contributed by atoms with Crippen molar-refractivity contribution in [1.82, 2.24) is 10.2 Å². The Hall–Kier alpha value is -1.62. The lowest BCUT2D eigenvalue weighted by Gasteiger charge is -2.17. The Morgan fingerprint density at radius 1 is 0.900 bits per heavy atom. The molecule has 1 heterocycles. The number of nitrogens with one attached hydrogen (secondary N) is 1. The van der Waals surface area contributed by atoms with E-state index in [4.69, 9.17) is 0 Å². The summed E-state index contributed by atoms with van der Waals surface area (Å²) in [6.07, 6.45) is 2.14. The van der Waals surface area contributed by atoms with E-state index in [0.717, 1.165) is 18.5 Å². The Kier molecular flexibility index (Phi) is 2.88. The maximum Gasteiger partial charge on any atom is 0.101 e. The fraction of sp³-hybridized carbons (Fsp3) is 0.118.